The van der Waals surface area contributed by atoms with Gasteiger partial charge in [-0.25, -0.2) is 0 Å². The Bertz CT molecular complexity index is 403. The SMILES string of the molecule is COCc1ccccc1NC(=O)CCNC1CC1. The third kappa shape index (κ3) is 4.13. The van der Waals surface area contributed by atoms with E-state index in [0.29, 0.717) is 19.1 Å². The summed E-state index contributed by atoms with van der Waals surface area (Å²) in [5.41, 5.74) is 1.85. The standard InChI is InChI=1S/C14H20N2O2/c1-18-10-11-4-2-3-5-13(11)16-14(17)8-9-15-12-6-7-12/h2-5,12,15H,6-10H2,1H3,(H,16,17). The minimum atomic E-state index is 0.0479. The summed E-state index contributed by atoms with van der Waals surface area (Å²) in [4.78, 5) is 11.8. The molecule has 1 aromatic rings. The van der Waals surface area contributed by atoms with Crippen molar-refractivity contribution in [2.75, 3.05) is 19.0 Å². The second-order valence-electron chi connectivity index (χ2n) is 4.62. The van der Waals surface area contributed by atoms with Crippen molar-refractivity contribution < 1.29 is 9.53 Å². The first-order valence-electron chi connectivity index (χ1n) is 6.39. The molecule has 0 heterocycles. The number of nitrogens with one attached hydrogen (secondary N) is 2. The van der Waals surface area contributed by atoms with Gasteiger partial charge in [-0.1, -0.05) is 18.2 Å². The molecule has 1 saturated carbocycles. The van der Waals surface area contributed by atoms with E-state index >= 15 is 0 Å². The zero-order chi connectivity index (χ0) is 12.8. The lowest BCUT2D eigenvalue weighted by atomic mass is 10.2. The second-order valence-corrected chi connectivity index (χ2v) is 4.62. The Hall–Kier alpha value is -1.39. The van der Waals surface area contributed by atoms with Crippen molar-refractivity contribution in [2.45, 2.75) is 31.9 Å². The number of hydrogen-bond acceptors (Lipinski definition) is 3. The van der Waals surface area contributed by atoms with Crippen LogP contribution in [0.25, 0.3) is 0 Å². The molecule has 4 nitrogen and oxygen atoms in total. The first-order chi connectivity index (χ1) is 8.79. The molecular formula is C14H20N2O2. The Kier molecular flexibility index (Phi) is 4.73. The van der Waals surface area contributed by atoms with E-state index in [4.69, 9.17) is 4.74 Å². The zero-order valence-corrected chi connectivity index (χ0v) is 10.7. The molecule has 0 radical (unpaired) electrons. The fraction of sp³-hybridized carbons (Fsp3) is 0.500. The summed E-state index contributed by atoms with van der Waals surface area (Å²) in [5.74, 6) is 0.0479. The molecule has 1 amide bonds. The minimum absolute atomic E-state index is 0.0479. The first kappa shape index (κ1) is 13.1. The smallest absolute Gasteiger partial charge is 0.225 e. The lowest BCUT2D eigenvalue weighted by Crippen LogP contribution is -2.23. The molecule has 4 heteroatoms. The molecule has 2 rings (SSSR count). The molecule has 0 saturated heterocycles. The Labute approximate surface area is 108 Å². The summed E-state index contributed by atoms with van der Waals surface area (Å²) < 4.78 is 5.11. The molecule has 1 aromatic carbocycles. The summed E-state index contributed by atoms with van der Waals surface area (Å²) in [6, 6.07) is 8.37. The van der Waals surface area contributed by atoms with Gasteiger partial charge in [0.2, 0.25) is 5.91 Å². The molecule has 0 spiro atoms. The Morgan fingerprint density at radius 2 is 2.17 bits per heavy atom. The summed E-state index contributed by atoms with van der Waals surface area (Å²) in [5, 5.41) is 6.26. The van der Waals surface area contributed by atoms with Crippen LogP contribution in [0.3, 0.4) is 0 Å². The van der Waals surface area contributed by atoms with E-state index in [1.165, 1.54) is 12.8 Å². The number of carbonyl (C=O) groups is 1. The van der Waals surface area contributed by atoms with Crippen LogP contribution in [0.1, 0.15) is 24.8 Å². The molecule has 1 fully saturated rings. The largest absolute Gasteiger partial charge is 0.380 e. The van der Waals surface area contributed by atoms with Gasteiger partial charge in [-0.05, 0) is 18.9 Å². The number of ether oxygens (including phenoxy) is 1. The molecule has 1 aliphatic carbocycles. The average molecular weight is 248 g/mol. The number of amides is 1. The molecule has 1 aliphatic rings. The van der Waals surface area contributed by atoms with E-state index in [-0.39, 0.29) is 5.91 Å². The number of methoxy groups -OCH3 is 1. The topological polar surface area (TPSA) is 50.4 Å². The first-order valence-corrected chi connectivity index (χ1v) is 6.39. The molecule has 0 bridgehead atoms. The van der Waals surface area contributed by atoms with Gasteiger partial charge >= 0.3 is 0 Å². The second kappa shape index (κ2) is 6.52. The van der Waals surface area contributed by atoms with Gasteiger partial charge in [-0.2, -0.15) is 0 Å². The highest BCUT2D eigenvalue weighted by Crippen LogP contribution is 2.18. The Morgan fingerprint density at radius 1 is 1.39 bits per heavy atom. The number of hydrogen-bond donors (Lipinski definition) is 2. The van der Waals surface area contributed by atoms with Crippen molar-refractivity contribution in [3.8, 4) is 0 Å². The maximum Gasteiger partial charge on any atom is 0.225 e. The fourth-order valence-corrected chi connectivity index (χ4v) is 1.81. The van der Waals surface area contributed by atoms with Crippen LogP contribution in [0, 0.1) is 0 Å². The molecule has 98 valence electrons. The summed E-state index contributed by atoms with van der Waals surface area (Å²) in [7, 11) is 1.65. The van der Waals surface area contributed by atoms with Gasteiger partial charge in [0.25, 0.3) is 0 Å². The molecule has 0 unspecified atom stereocenters. The van der Waals surface area contributed by atoms with Crippen molar-refractivity contribution in [2.24, 2.45) is 0 Å². The number of anilines is 1. The fourth-order valence-electron chi connectivity index (χ4n) is 1.81. The molecule has 2 N–H and O–H groups in total. The van der Waals surface area contributed by atoms with Crippen molar-refractivity contribution in [3.63, 3.8) is 0 Å². The van der Waals surface area contributed by atoms with Crippen LogP contribution >= 0.6 is 0 Å². The predicted octanol–water partition coefficient (Wildman–Crippen LogP) is 1.91. The average Bonchev–Trinajstić information content (AvgIpc) is 3.16. The molecule has 0 aromatic heterocycles. The molecule has 0 aliphatic heterocycles. The van der Waals surface area contributed by atoms with E-state index in [1.807, 2.05) is 24.3 Å². The molecular weight excluding hydrogens is 228 g/mol. The molecule has 0 atom stereocenters. The van der Waals surface area contributed by atoms with Gasteiger partial charge in [0, 0.05) is 37.4 Å². The Morgan fingerprint density at radius 3 is 2.89 bits per heavy atom. The van der Waals surface area contributed by atoms with Crippen LogP contribution in [0.4, 0.5) is 5.69 Å². The summed E-state index contributed by atoms with van der Waals surface area (Å²) >= 11 is 0. The highest BCUT2D eigenvalue weighted by molar-refractivity contribution is 5.91. The lowest BCUT2D eigenvalue weighted by Gasteiger charge is -2.10. The van der Waals surface area contributed by atoms with E-state index in [1.54, 1.807) is 7.11 Å². The quantitative estimate of drug-likeness (QED) is 0.775. The highest BCUT2D eigenvalue weighted by Gasteiger charge is 2.20. The van der Waals surface area contributed by atoms with Crippen LogP contribution in [0.5, 0.6) is 0 Å². The summed E-state index contributed by atoms with van der Waals surface area (Å²) in [6.07, 6.45) is 3.01. The highest BCUT2D eigenvalue weighted by atomic mass is 16.5. The normalized spacial score (nSPS) is 14.5. The van der Waals surface area contributed by atoms with Crippen molar-refractivity contribution in [1.82, 2.24) is 5.32 Å². The zero-order valence-electron chi connectivity index (χ0n) is 10.7. The van der Waals surface area contributed by atoms with Crippen molar-refractivity contribution in [1.29, 1.82) is 0 Å². The number of para-hydroxylation sites is 1. The van der Waals surface area contributed by atoms with Crippen molar-refractivity contribution in [3.05, 3.63) is 29.8 Å². The predicted molar refractivity (Wildman–Crippen MR) is 71.4 cm³/mol. The van der Waals surface area contributed by atoms with Gasteiger partial charge < -0.3 is 15.4 Å². The number of carbonyl (C=O) groups excluding carboxylic acids is 1. The maximum absolute atomic E-state index is 11.8. The Balaban J connectivity index is 1.81. The van der Waals surface area contributed by atoms with Crippen LogP contribution in [-0.2, 0) is 16.1 Å². The summed E-state index contributed by atoms with van der Waals surface area (Å²) in [6.45, 7) is 1.26. The van der Waals surface area contributed by atoms with Gasteiger partial charge in [0.1, 0.15) is 0 Å². The van der Waals surface area contributed by atoms with Gasteiger partial charge in [-0.3, -0.25) is 4.79 Å². The van der Waals surface area contributed by atoms with E-state index in [2.05, 4.69) is 10.6 Å². The molecule has 18 heavy (non-hydrogen) atoms. The van der Waals surface area contributed by atoms with E-state index < -0.39 is 0 Å². The third-order valence-electron chi connectivity index (χ3n) is 2.95. The van der Waals surface area contributed by atoms with Gasteiger partial charge in [0.15, 0.2) is 0 Å². The maximum atomic E-state index is 11.8. The van der Waals surface area contributed by atoms with Crippen LogP contribution in [0.2, 0.25) is 0 Å². The van der Waals surface area contributed by atoms with E-state index in [9.17, 15) is 4.79 Å². The van der Waals surface area contributed by atoms with Gasteiger partial charge in [-0.15, -0.1) is 0 Å². The number of rotatable bonds is 7. The minimum Gasteiger partial charge on any atom is -0.380 e. The lowest BCUT2D eigenvalue weighted by molar-refractivity contribution is -0.116. The van der Waals surface area contributed by atoms with E-state index in [0.717, 1.165) is 17.8 Å². The monoisotopic (exact) mass is 248 g/mol. The van der Waals surface area contributed by atoms with Crippen LogP contribution in [0.15, 0.2) is 24.3 Å². The van der Waals surface area contributed by atoms with Crippen LogP contribution < -0.4 is 10.6 Å². The third-order valence-corrected chi connectivity index (χ3v) is 2.95. The van der Waals surface area contributed by atoms with Crippen LogP contribution in [-0.4, -0.2) is 25.6 Å². The van der Waals surface area contributed by atoms with Crippen molar-refractivity contribution >= 4 is 11.6 Å². The number of benzene rings is 1. The van der Waals surface area contributed by atoms with Gasteiger partial charge in [0.05, 0.1) is 6.61 Å².